The zero-order valence-corrected chi connectivity index (χ0v) is 8.23. The fourth-order valence-corrected chi connectivity index (χ4v) is 1.34. The molecule has 0 fully saturated rings. The van der Waals surface area contributed by atoms with Crippen LogP contribution in [0.3, 0.4) is 0 Å². The van der Waals surface area contributed by atoms with Crippen molar-refractivity contribution in [3.63, 3.8) is 0 Å². The van der Waals surface area contributed by atoms with E-state index in [-0.39, 0.29) is 0 Å². The number of halogens is 1. The summed E-state index contributed by atoms with van der Waals surface area (Å²) in [4.78, 5) is 0. The molecule has 1 aromatic carbocycles. The second kappa shape index (κ2) is 3.77. The van der Waals surface area contributed by atoms with Crippen LogP contribution in [0.15, 0.2) is 24.8 Å². The molecule has 0 radical (unpaired) electrons. The van der Waals surface area contributed by atoms with E-state index in [1.807, 2.05) is 18.2 Å². The minimum absolute atomic E-state index is 0.516. The van der Waals surface area contributed by atoms with Gasteiger partial charge in [-0.25, -0.2) is 0 Å². The SMILES string of the molecule is C=Cc1cc(Cl)cc(C(C)C)c1. The van der Waals surface area contributed by atoms with E-state index in [2.05, 4.69) is 26.5 Å². The van der Waals surface area contributed by atoms with Gasteiger partial charge in [0.25, 0.3) is 0 Å². The molecule has 1 heteroatoms. The molecule has 0 aromatic heterocycles. The van der Waals surface area contributed by atoms with E-state index < -0.39 is 0 Å². The van der Waals surface area contributed by atoms with Gasteiger partial charge in [0.05, 0.1) is 0 Å². The van der Waals surface area contributed by atoms with Crippen LogP contribution >= 0.6 is 11.6 Å². The first-order valence-corrected chi connectivity index (χ1v) is 4.44. The molecule has 0 aliphatic rings. The quantitative estimate of drug-likeness (QED) is 0.643. The topological polar surface area (TPSA) is 0 Å². The molecule has 0 nitrogen and oxygen atoms in total. The summed E-state index contributed by atoms with van der Waals surface area (Å²) >= 11 is 5.93. The average molecular weight is 181 g/mol. The zero-order chi connectivity index (χ0) is 9.14. The normalized spacial score (nSPS) is 10.3. The summed E-state index contributed by atoms with van der Waals surface area (Å²) < 4.78 is 0. The molecular weight excluding hydrogens is 168 g/mol. The van der Waals surface area contributed by atoms with Crippen molar-refractivity contribution >= 4 is 17.7 Å². The molecule has 1 aromatic rings. The highest BCUT2D eigenvalue weighted by atomic mass is 35.5. The summed E-state index contributed by atoms with van der Waals surface area (Å²) in [6.45, 7) is 8.02. The summed E-state index contributed by atoms with van der Waals surface area (Å²) in [5, 5.41) is 0.788. The maximum absolute atomic E-state index is 5.93. The highest BCUT2D eigenvalue weighted by molar-refractivity contribution is 6.30. The molecule has 0 heterocycles. The van der Waals surface area contributed by atoms with Crippen LogP contribution in [-0.4, -0.2) is 0 Å². The third kappa shape index (κ3) is 2.12. The molecule has 0 bridgehead atoms. The smallest absolute Gasteiger partial charge is 0.0414 e. The summed E-state index contributed by atoms with van der Waals surface area (Å²) in [5.41, 5.74) is 2.35. The molecule has 1 rings (SSSR count). The van der Waals surface area contributed by atoms with Crippen LogP contribution in [0.25, 0.3) is 6.08 Å². The molecule has 0 amide bonds. The first-order valence-electron chi connectivity index (χ1n) is 4.06. The molecule has 12 heavy (non-hydrogen) atoms. The number of benzene rings is 1. The lowest BCUT2D eigenvalue weighted by Crippen LogP contribution is -1.87. The Morgan fingerprint density at radius 3 is 2.50 bits per heavy atom. The van der Waals surface area contributed by atoms with Crippen molar-refractivity contribution in [2.45, 2.75) is 19.8 Å². The summed E-state index contributed by atoms with van der Waals surface area (Å²) in [6, 6.07) is 6.03. The van der Waals surface area contributed by atoms with Crippen LogP contribution < -0.4 is 0 Å². The molecule has 0 saturated carbocycles. The van der Waals surface area contributed by atoms with Crippen molar-refractivity contribution < 1.29 is 0 Å². The van der Waals surface area contributed by atoms with E-state index in [0.29, 0.717) is 5.92 Å². The lowest BCUT2D eigenvalue weighted by molar-refractivity contribution is 0.866. The van der Waals surface area contributed by atoms with E-state index in [1.54, 1.807) is 0 Å². The Kier molecular flexibility index (Phi) is 2.93. The molecule has 0 atom stereocenters. The Hall–Kier alpha value is -0.750. The van der Waals surface area contributed by atoms with Gasteiger partial charge in [-0.2, -0.15) is 0 Å². The maximum atomic E-state index is 5.93. The minimum atomic E-state index is 0.516. The summed E-state index contributed by atoms with van der Waals surface area (Å²) in [6.07, 6.45) is 1.82. The standard InChI is InChI=1S/C11H13Cl/c1-4-9-5-10(8(2)3)7-11(12)6-9/h4-8H,1H2,2-3H3. The van der Waals surface area contributed by atoms with Crippen molar-refractivity contribution in [3.05, 3.63) is 40.9 Å². The predicted octanol–water partition coefficient (Wildman–Crippen LogP) is 4.11. The molecule has 64 valence electrons. The summed E-state index contributed by atoms with van der Waals surface area (Å²) in [5.74, 6) is 0.516. The van der Waals surface area contributed by atoms with E-state index in [1.165, 1.54) is 5.56 Å². The van der Waals surface area contributed by atoms with Crippen LogP contribution in [0.2, 0.25) is 5.02 Å². The minimum Gasteiger partial charge on any atom is -0.0985 e. The Morgan fingerprint density at radius 1 is 1.33 bits per heavy atom. The maximum Gasteiger partial charge on any atom is 0.0414 e. The fraction of sp³-hybridized carbons (Fsp3) is 0.273. The molecule has 0 saturated heterocycles. The predicted molar refractivity (Wildman–Crippen MR) is 55.6 cm³/mol. The van der Waals surface area contributed by atoms with Gasteiger partial charge in [0.15, 0.2) is 0 Å². The van der Waals surface area contributed by atoms with Gasteiger partial charge in [-0.05, 0) is 29.2 Å². The first kappa shape index (κ1) is 9.34. The lowest BCUT2D eigenvalue weighted by atomic mass is 10.0. The van der Waals surface area contributed by atoms with E-state index in [4.69, 9.17) is 11.6 Å². The number of rotatable bonds is 2. The third-order valence-electron chi connectivity index (χ3n) is 1.84. The molecule has 0 unspecified atom stereocenters. The average Bonchev–Trinajstić information content (AvgIpc) is 2.03. The van der Waals surface area contributed by atoms with Gasteiger partial charge in [0.1, 0.15) is 0 Å². The van der Waals surface area contributed by atoms with Crippen molar-refractivity contribution in [1.29, 1.82) is 0 Å². The van der Waals surface area contributed by atoms with Crippen LogP contribution in [0.1, 0.15) is 30.9 Å². The third-order valence-corrected chi connectivity index (χ3v) is 2.06. The van der Waals surface area contributed by atoms with Crippen LogP contribution in [0.4, 0.5) is 0 Å². The van der Waals surface area contributed by atoms with Crippen LogP contribution in [-0.2, 0) is 0 Å². The Balaban J connectivity index is 3.14. The first-order chi connectivity index (χ1) is 5.63. The van der Waals surface area contributed by atoms with Gasteiger partial charge in [0.2, 0.25) is 0 Å². The number of hydrogen-bond acceptors (Lipinski definition) is 0. The van der Waals surface area contributed by atoms with Crippen LogP contribution in [0.5, 0.6) is 0 Å². The van der Waals surface area contributed by atoms with Crippen molar-refractivity contribution in [3.8, 4) is 0 Å². The van der Waals surface area contributed by atoms with Gasteiger partial charge in [-0.15, -0.1) is 0 Å². The van der Waals surface area contributed by atoms with E-state index in [9.17, 15) is 0 Å². The van der Waals surface area contributed by atoms with Gasteiger partial charge >= 0.3 is 0 Å². The highest BCUT2D eigenvalue weighted by Gasteiger charge is 2.00. The molecule has 0 N–H and O–H groups in total. The molecule has 0 aliphatic heterocycles. The van der Waals surface area contributed by atoms with Crippen LogP contribution in [0, 0.1) is 0 Å². The van der Waals surface area contributed by atoms with E-state index in [0.717, 1.165) is 10.6 Å². The largest absolute Gasteiger partial charge is 0.0985 e. The lowest BCUT2D eigenvalue weighted by Gasteiger charge is -2.06. The van der Waals surface area contributed by atoms with Gasteiger partial charge in [0, 0.05) is 5.02 Å². The Bertz CT molecular complexity index is 287. The molecule has 0 aliphatic carbocycles. The number of hydrogen-bond donors (Lipinski definition) is 0. The second-order valence-electron chi connectivity index (χ2n) is 3.18. The fourth-order valence-electron chi connectivity index (χ4n) is 1.09. The van der Waals surface area contributed by atoms with Gasteiger partial charge < -0.3 is 0 Å². The zero-order valence-electron chi connectivity index (χ0n) is 7.47. The molecule has 0 spiro atoms. The second-order valence-corrected chi connectivity index (χ2v) is 3.61. The van der Waals surface area contributed by atoms with Crippen molar-refractivity contribution in [1.82, 2.24) is 0 Å². The van der Waals surface area contributed by atoms with Crippen molar-refractivity contribution in [2.24, 2.45) is 0 Å². The summed E-state index contributed by atoms with van der Waals surface area (Å²) in [7, 11) is 0. The Labute approximate surface area is 78.9 Å². The molecular formula is C11H13Cl. The van der Waals surface area contributed by atoms with Crippen molar-refractivity contribution in [2.75, 3.05) is 0 Å². The van der Waals surface area contributed by atoms with E-state index >= 15 is 0 Å². The monoisotopic (exact) mass is 180 g/mol. The Morgan fingerprint density at radius 2 is 2.00 bits per heavy atom. The van der Waals surface area contributed by atoms with Gasteiger partial charge in [-0.3, -0.25) is 0 Å². The highest BCUT2D eigenvalue weighted by Crippen LogP contribution is 2.21. The van der Waals surface area contributed by atoms with Gasteiger partial charge in [-0.1, -0.05) is 44.2 Å².